The summed E-state index contributed by atoms with van der Waals surface area (Å²) >= 11 is 0. The van der Waals surface area contributed by atoms with E-state index in [0.29, 0.717) is 13.0 Å². The summed E-state index contributed by atoms with van der Waals surface area (Å²) in [5.41, 5.74) is -0.0499. The molecule has 0 saturated carbocycles. The summed E-state index contributed by atoms with van der Waals surface area (Å²) in [5, 5.41) is 17.7. The number of aliphatic carboxylic acids is 2. The molecule has 1 aliphatic heterocycles. The van der Waals surface area contributed by atoms with Crippen LogP contribution in [0.4, 0.5) is 0 Å². The van der Waals surface area contributed by atoms with Crippen molar-refractivity contribution in [2.45, 2.75) is 26.2 Å². The molecule has 0 bridgehead atoms. The van der Waals surface area contributed by atoms with Gasteiger partial charge in [0.2, 0.25) is 0 Å². The van der Waals surface area contributed by atoms with E-state index < -0.39 is 11.9 Å². The van der Waals surface area contributed by atoms with Crippen molar-refractivity contribution in [2.24, 2.45) is 0 Å². The summed E-state index contributed by atoms with van der Waals surface area (Å²) in [6.45, 7) is 3.94. The molecule has 1 aliphatic rings. The van der Waals surface area contributed by atoms with E-state index in [1.54, 1.807) is 0 Å². The van der Waals surface area contributed by atoms with Gasteiger partial charge in [0.05, 0.1) is 0 Å². The van der Waals surface area contributed by atoms with Gasteiger partial charge in [-0.2, -0.15) is 0 Å². The van der Waals surface area contributed by atoms with Gasteiger partial charge in [-0.3, -0.25) is 0 Å². The molecule has 5 nitrogen and oxygen atoms in total. The number of likely N-dealkylation sites (tertiary alicyclic amines) is 1. The van der Waals surface area contributed by atoms with Gasteiger partial charge in [0.25, 0.3) is 0 Å². The van der Waals surface area contributed by atoms with Crippen molar-refractivity contribution in [2.75, 3.05) is 19.6 Å². The zero-order valence-electron chi connectivity index (χ0n) is 9.81. The van der Waals surface area contributed by atoms with E-state index in [0.717, 1.165) is 25.9 Å². The Bertz CT molecular complexity index is 321. The molecule has 2 N–H and O–H groups in total. The average molecular weight is 264 g/mol. The van der Waals surface area contributed by atoms with Gasteiger partial charge in [0.1, 0.15) is 0 Å². The number of hydrogen-bond acceptors (Lipinski definition) is 3. The third kappa shape index (κ3) is 4.75. The number of hydrogen-bond donors (Lipinski definition) is 2. The molecule has 0 aromatic rings. The Morgan fingerprint density at radius 1 is 1.12 bits per heavy atom. The minimum atomic E-state index is -1.15. The average Bonchev–Trinajstić information content (AvgIpc) is 2.69. The first-order valence-corrected chi connectivity index (χ1v) is 5.41. The van der Waals surface area contributed by atoms with Gasteiger partial charge in [-0.1, -0.05) is 0 Å². The predicted octanol–water partition coefficient (Wildman–Crippen LogP) is 1.38. The number of carbonyl (C=O) groups is 2. The maximum Gasteiger partial charge on any atom is 0.332 e. The van der Waals surface area contributed by atoms with Gasteiger partial charge in [0, 0.05) is 17.7 Å². The number of rotatable bonds is 5. The maximum absolute atomic E-state index is 10.9. The first kappa shape index (κ1) is 15.9. The monoisotopic (exact) mass is 263 g/mol. The lowest BCUT2D eigenvalue weighted by molar-refractivity contribution is -0.136. The molecule has 0 spiro atoms. The van der Waals surface area contributed by atoms with E-state index in [2.05, 4.69) is 4.90 Å². The van der Waals surface area contributed by atoms with E-state index in [1.807, 2.05) is 0 Å². The Labute approximate surface area is 107 Å². The lowest BCUT2D eigenvalue weighted by Crippen LogP contribution is -2.22. The van der Waals surface area contributed by atoms with Crippen LogP contribution in [-0.4, -0.2) is 46.7 Å². The molecule has 0 aliphatic carbocycles. The highest BCUT2D eigenvalue weighted by molar-refractivity contribution is 5.98. The molecule has 6 heteroatoms. The molecular weight excluding hydrogens is 246 g/mol. The smallest absolute Gasteiger partial charge is 0.332 e. The van der Waals surface area contributed by atoms with Gasteiger partial charge >= 0.3 is 11.9 Å². The summed E-state index contributed by atoms with van der Waals surface area (Å²) in [5.74, 6) is -2.28. The van der Waals surface area contributed by atoms with Crippen molar-refractivity contribution < 1.29 is 19.8 Å². The summed E-state index contributed by atoms with van der Waals surface area (Å²) in [4.78, 5) is 23.8. The standard InChI is InChI=1S/C11H17NO4.ClH/c1-8(10(13)14)9(11(15)16)4-7-12-5-2-3-6-12;/h2-7H2,1H3,(H,13,14)(H,15,16);1H/b9-8+;. The molecule has 0 aromatic carbocycles. The van der Waals surface area contributed by atoms with Gasteiger partial charge in [0.15, 0.2) is 0 Å². The Morgan fingerprint density at radius 3 is 2.06 bits per heavy atom. The van der Waals surface area contributed by atoms with Crippen LogP contribution in [0.1, 0.15) is 26.2 Å². The zero-order chi connectivity index (χ0) is 12.1. The molecule has 0 radical (unpaired) electrons. The van der Waals surface area contributed by atoms with Crippen LogP contribution in [0.2, 0.25) is 0 Å². The van der Waals surface area contributed by atoms with E-state index >= 15 is 0 Å². The number of carboxylic acid groups (broad SMARTS) is 2. The second-order valence-corrected chi connectivity index (χ2v) is 4.01. The quantitative estimate of drug-likeness (QED) is 0.733. The maximum atomic E-state index is 10.9. The molecule has 98 valence electrons. The van der Waals surface area contributed by atoms with Crippen molar-refractivity contribution >= 4 is 24.3 Å². The Balaban J connectivity index is 0.00000256. The minimum Gasteiger partial charge on any atom is -0.478 e. The van der Waals surface area contributed by atoms with Crippen LogP contribution in [0.15, 0.2) is 11.1 Å². The fourth-order valence-corrected chi connectivity index (χ4v) is 1.86. The van der Waals surface area contributed by atoms with Gasteiger partial charge in [-0.25, -0.2) is 9.59 Å². The van der Waals surface area contributed by atoms with E-state index in [4.69, 9.17) is 10.2 Å². The van der Waals surface area contributed by atoms with Crippen LogP contribution in [0.5, 0.6) is 0 Å². The second-order valence-electron chi connectivity index (χ2n) is 4.01. The van der Waals surface area contributed by atoms with Crippen LogP contribution < -0.4 is 0 Å². The lowest BCUT2D eigenvalue weighted by atomic mass is 10.1. The molecule has 1 saturated heterocycles. The Morgan fingerprint density at radius 2 is 1.65 bits per heavy atom. The SMILES string of the molecule is C/C(C(=O)O)=C(/CCN1CCCC1)C(=O)O.Cl. The summed E-state index contributed by atoms with van der Waals surface area (Å²) in [6, 6.07) is 0. The van der Waals surface area contributed by atoms with E-state index in [-0.39, 0.29) is 23.6 Å². The number of nitrogens with zero attached hydrogens (tertiary/aromatic N) is 1. The first-order chi connectivity index (χ1) is 7.52. The van der Waals surface area contributed by atoms with Crippen LogP contribution >= 0.6 is 12.4 Å². The van der Waals surface area contributed by atoms with Crippen molar-refractivity contribution in [3.8, 4) is 0 Å². The van der Waals surface area contributed by atoms with Gasteiger partial charge < -0.3 is 15.1 Å². The van der Waals surface area contributed by atoms with Gasteiger partial charge in [-0.05, 0) is 39.3 Å². The fraction of sp³-hybridized carbons (Fsp3) is 0.636. The molecule has 0 atom stereocenters. The normalized spacial score (nSPS) is 17.2. The number of carboxylic acids is 2. The molecule has 0 unspecified atom stereocenters. The number of halogens is 1. The third-order valence-electron chi connectivity index (χ3n) is 2.91. The summed E-state index contributed by atoms with van der Waals surface area (Å²) < 4.78 is 0. The molecule has 1 rings (SSSR count). The van der Waals surface area contributed by atoms with Crippen LogP contribution in [-0.2, 0) is 9.59 Å². The van der Waals surface area contributed by atoms with E-state index in [1.165, 1.54) is 6.92 Å². The predicted molar refractivity (Wildman–Crippen MR) is 65.5 cm³/mol. The first-order valence-electron chi connectivity index (χ1n) is 5.41. The van der Waals surface area contributed by atoms with Crippen molar-refractivity contribution in [1.82, 2.24) is 4.90 Å². The lowest BCUT2D eigenvalue weighted by Gasteiger charge is -2.14. The minimum absolute atomic E-state index is 0. The molecular formula is C11H18ClNO4. The fourth-order valence-electron chi connectivity index (χ4n) is 1.86. The summed E-state index contributed by atoms with van der Waals surface area (Å²) in [6.07, 6.45) is 2.58. The molecule has 0 aromatic heterocycles. The van der Waals surface area contributed by atoms with Crippen molar-refractivity contribution in [1.29, 1.82) is 0 Å². The highest BCUT2D eigenvalue weighted by Crippen LogP contribution is 2.14. The van der Waals surface area contributed by atoms with Gasteiger partial charge in [-0.15, -0.1) is 12.4 Å². The third-order valence-corrected chi connectivity index (χ3v) is 2.91. The molecule has 17 heavy (non-hydrogen) atoms. The van der Waals surface area contributed by atoms with Crippen molar-refractivity contribution in [3.05, 3.63) is 11.1 Å². The second kappa shape index (κ2) is 7.29. The van der Waals surface area contributed by atoms with Crippen LogP contribution in [0, 0.1) is 0 Å². The Kier molecular flexibility index (Phi) is 6.83. The Hall–Kier alpha value is -1.07. The largest absolute Gasteiger partial charge is 0.478 e. The van der Waals surface area contributed by atoms with Crippen LogP contribution in [0.3, 0.4) is 0 Å². The van der Waals surface area contributed by atoms with Crippen molar-refractivity contribution in [3.63, 3.8) is 0 Å². The van der Waals surface area contributed by atoms with Crippen LogP contribution in [0.25, 0.3) is 0 Å². The summed E-state index contributed by atoms with van der Waals surface area (Å²) in [7, 11) is 0. The molecule has 1 heterocycles. The topological polar surface area (TPSA) is 77.8 Å². The molecule has 1 fully saturated rings. The van der Waals surface area contributed by atoms with E-state index in [9.17, 15) is 9.59 Å². The highest BCUT2D eigenvalue weighted by atomic mass is 35.5. The zero-order valence-corrected chi connectivity index (χ0v) is 10.6. The highest BCUT2D eigenvalue weighted by Gasteiger charge is 2.18. The molecule has 0 amide bonds.